The van der Waals surface area contributed by atoms with Gasteiger partial charge < -0.3 is 4.74 Å². The summed E-state index contributed by atoms with van der Waals surface area (Å²) in [5.41, 5.74) is 1.27. The Morgan fingerprint density at radius 3 is 2.50 bits per heavy atom. The van der Waals surface area contributed by atoms with Gasteiger partial charge in [0.25, 0.3) is 0 Å². The van der Waals surface area contributed by atoms with Crippen molar-refractivity contribution in [3.05, 3.63) is 29.8 Å². The van der Waals surface area contributed by atoms with Crippen LogP contribution >= 0.6 is 11.8 Å². The van der Waals surface area contributed by atoms with Crippen molar-refractivity contribution in [3.63, 3.8) is 0 Å². The normalized spacial score (nSPS) is 25.2. The summed E-state index contributed by atoms with van der Waals surface area (Å²) in [6.07, 6.45) is 0.391. The summed E-state index contributed by atoms with van der Waals surface area (Å²) < 4.78 is 5.75. The van der Waals surface area contributed by atoms with Crippen molar-refractivity contribution in [2.45, 2.75) is 43.2 Å². The Labute approximate surface area is 102 Å². The number of hydrogen-bond donors (Lipinski definition) is 1. The minimum Gasteiger partial charge on any atom is -0.354 e. The molecule has 2 rings (SSSR count). The third-order valence-electron chi connectivity index (χ3n) is 2.58. The number of thioether (sulfide) groups is 1. The molecular formula is C13H19NOS. The van der Waals surface area contributed by atoms with E-state index in [1.54, 1.807) is 0 Å². The second-order valence-corrected chi connectivity index (χ2v) is 6.06. The van der Waals surface area contributed by atoms with Gasteiger partial charge in [-0.15, -0.1) is 11.8 Å². The summed E-state index contributed by atoms with van der Waals surface area (Å²) in [7, 11) is 0. The average molecular weight is 237 g/mol. The molecule has 1 fully saturated rings. The predicted octanol–water partition coefficient (Wildman–Crippen LogP) is 3.19. The lowest BCUT2D eigenvalue weighted by molar-refractivity contribution is 0.0529. The average Bonchev–Trinajstić information content (AvgIpc) is 2.65. The highest BCUT2D eigenvalue weighted by Gasteiger charge is 2.22. The number of nitrogens with one attached hydrogen (secondary N) is 1. The highest BCUT2D eigenvalue weighted by molar-refractivity contribution is 7.99. The maximum absolute atomic E-state index is 5.75. The molecule has 1 saturated heterocycles. The summed E-state index contributed by atoms with van der Waals surface area (Å²) in [6.45, 7) is 7.38. The molecule has 0 spiro atoms. The van der Waals surface area contributed by atoms with Crippen molar-refractivity contribution in [1.82, 2.24) is 5.32 Å². The first kappa shape index (κ1) is 12.0. The maximum Gasteiger partial charge on any atom is 0.106 e. The van der Waals surface area contributed by atoms with E-state index in [2.05, 4.69) is 43.4 Å². The summed E-state index contributed by atoms with van der Waals surface area (Å²) in [5.74, 6) is 0. The molecule has 88 valence electrons. The fraction of sp³-hybridized carbons (Fsp3) is 0.538. The Morgan fingerprint density at radius 1 is 1.31 bits per heavy atom. The second-order valence-electron chi connectivity index (χ2n) is 4.41. The number of ether oxygens (including phenoxy) is 1. The van der Waals surface area contributed by atoms with Crippen molar-refractivity contribution < 1.29 is 4.74 Å². The van der Waals surface area contributed by atoms with Gasteiger partial charge in [-0.2, -0.15) is 0 Å². The zero-order valence-corrected chi connectivity index (χ0v) is 10.9. The number of hydrogen-bond acceptors (Lipinski definition) is 3. The number of benzene rings is 1. The standard InChI is InChI=1S/C13H19NOS/c1-9(2)16-12-6-4-11(5-7-12)13-8-14-10(3)15-13/h4-7,9-10,13-14H,8H2,1-3H3. The van der Waals surface area contributed by atoms with E-state index < -0.39 is 0 Å². The van der Waals surface area contributed by atoms with Crippen LogP contribution in [0.4, 0.5) is 0 Å². The van der Waals surface area contributed by atoms with Crippen LogP contribution < -0.4 is 5.32 Å². The Kier molecular flexibility index (Phi) is 3.90. The molecule has 1 heterocycles. The molecule has 0 radical (unpaired) electrons. The van der Waals surface area contributed by atoms with Gasteiger partial charge in [-0.1, -0.05) is 26.0 Å². The van der Waals surface area contributed by atoms with Gasteiger partial charge in [0.15, 0.2) is 0 Å². The summed E-state index contributed by atoms with van der Waals surface area (Å²) in [4.78, 5) is 1.33. The van der Waals surface area contributed by atoms with Gasteiger partial charge in [0.1, 0.15) is 6.23 Å². The molecule has 2 atom stereocenters. The molecule has 0 saturated carbocycles. The molecule has 1 aliphatic rings. The van der Waals surface area contributed by atoms with E-state index in [1.807, 2.05) is 18.7 Å². The molecule has 2 nitrogen and oxygen atoms in total. The lowest BCUT2D eigenvalue weighted by Crippen LogP contribution is -2.17. The van der Waals surface area contributed by atoms with Gasteiger partial charge in [-0.3, -0.25) is 5.32 Å². The van der Waals surface area contributed by atoms with Crippen LogP contribution in [0, 0.1) is 0 Å². The van der Waals surface area contributed by atoms with E-state index in [4.69, 9.17) is 4.74 Å². The van der Waals surface area contributed by atoms with Crippen LogP contribution in [-0.4, -0.2) is 18.0 Å². The van der Waals surface area contributed by atoms with Crippen LogP contribution in [0.1, 0.15) is 32.4 Å². The van der Waals surface area contributed by atoms with Crippen LogP contribution in [0.15, 0.2) is 29.2 Å². The Balaban J connectivity index is 2.02. The third kappa shape index (κ3) is 3.00. The van der Waals surface area contributed by atoms with Crippen molar-refractivity contribution in [1.29, 1.82) is 0 Å². The third-order valence-corrected chi connectivity index (χ3v) is 3.60. The van der Waals surface area contributed by atoms with Gasteiger partial charge in [-0.25, -0.2) is 0 Å². The van der Waals surface area contributed by atoms with Crippen molar-refractivity contribution in [2.24, 2.45) is 0 Å². The molecule has 0 bridgehead atoms. The molecule has 1 aromatic rings. The predicted molar refractivity (Wildman–Crippen MR) is 68.7 cm³/mol. The van der Waals surface area contributed by atoms with Crippen LogP contribution in [0.25, 0.3) is 0 Å². The zero-order valence-electron chi connectivity index (χ0n) is 10.1. The van der Waals surface area contributed by atoms with Crippen LogP contribution in [0.3, 0.4) is 0 Å². The second kappa shape index (κ2) is 5.21. The molecule has 16 heavy (non-hydrogen) atoms. The fourth-order valence-corrected chi connectivity index (χ4v) is 2.68. The van der Waals surface area contributed by atoms with Crippen molar-refractivity contribution in [2.75, 3.05) is 6.54 Å². The molecular weight excluding hydrogens is 218 g/mol. The van der Waals surface area contributed by atoms with Gasteiger partial charge in [0, 0.05) is 16.7 Å². The highest BCUT2D eigenvalue weighted by Crippen LogP contribution is 2.27. The Morgan fingerprint density at radius 2 is 2.00 bits per heavy atom. The summed E-state index contributed by atoms with van der Waals surface area (Å²) in [6, 6.07) is 8.73. The van der Waals surface area contributed by atoms with E-state index in [1.165, 1.54) is 10.5 Å². The van der Waals surface area contributed by atoms with E-state index in [0.29, 0.717) is 5.25 Å². The summed E-state index contributed by atoms with van der Waals surface area (Å²) in [5, 5.41) is 3.92. The first-order valence-electron chi connectivity index (χ1n) is 5.80. The maximum atomic E-state index is 5.75. The molecule has 2 unspecified atom stereocenters. The molecule has 1 N–H and O–H groups in total. The van der Waals surface area contributed by atoms with E-state index in [0.717, 1.165) is 6.54 Å². The zero-order chi connectivity index (χ0) is 11.5. The largest absolute Gasteiger partial charge is 0.354 e. The van der Waals surface area contributed by atoms with Crippen LogP contribution in [-0.2, 0) is 4.74 Å². The van der Waals surface area contributed by atoms with E-state index in [-0.39, 0.29) is 12.3 Å². The topological polar surface area (TPSA) is 21.3 Å². The quantitative estimate of drug-likeness (QED) is 0.816. The van der Waals surface area contributed by atoms with E-state index in [9.17, 15) is 0 Å². The van der Waals surface area contributed by atoms with Gasteiger partial charge in [0.05, 0.1) is 6.10 Å². The molecule has 1 aliphatic heterocycles. The Hall–Kier alpha value is -0.510. The molecule has 0 amide bonds. The van der Waals surface area contributed by atoms with Crippen molar-refractivity contribution >= 4 is 11.8 Å². The van der Waals surface area contributed by atoms with Gasteiger partial charge >= 0.3 is 0 Å². The molecule has 1 aromatic carbocycles. The monoisotopic (exact) mass is 237 g/mol. The first-order valence-corrected chi connectivity index (χ1v) is 6.68. The lowest BCUT2D eigenvalue weighted by atomic mass is 10.1. The van der Waals surface area contributed by atoms with Gasteiger partial charge in [-0.05, 0) is 24.6 Å². The fourth-order valence-electron chi connectivity index (χ4n) is 1.85. The first-order chi connectivity index (χ1) is 7.65. The smallest absolute Gasteiger partial charge is 0.106 e. The van der Waals surface area contributed by atoms with Gasteiger partial charge in [0.2, 0.25) is 0 Å². The SMILES string of the molecule is CC1NCC(c2ccc(SC(C)C)cc2)O1. The molecule has 3 heteroatoms. The minimum absolute atomic E-state index is 0.176. The minimum atomic E-state index is 0.176. The Bertz CT molecular complexity index is 336. The lowest BCUT2D eigenvalue weighted by Gasteiger charge is -2.11. The van der Waals surface area contributed by atoms with Crippen LogP contribution in [0.2, 0.25) is 0 Å². The highest BCUT2D eigenvalue weighted by atomic mass is 32.2. The summed E-state index contributed by atoms with van der Waals surface area (Å²) >= 11 is 1.89. The van der Waals surface area contributed by atoms with Crippen molar-refractivity contribution in [3.8, 4) is 0 Å². The van der Waals surface area contributed by atoms with E-state index >= 15 is 0 Å². The number of rotatable bonds is 3. The van der Waals surface area contributed by atoms with Crippen LogP contribution in [0.5, 0.6) is 0 Å². The molecule has 0 aliphatic carbocycles. The molecule has 0 aromatic heterocycles.